The molecule has 0 amide bonds. The van der Waals surface area contributed by atoms with Gasteiger partial charge in [0, 0.05) is 24.2 Å². The largest absolute Gasteiger partial charge is 0.496 e. The number of amidine groups is 1. The summed E-state index contributed by atoms with van der Waals surface area (Å²) in [4.78, 5) is 4.40. The number of hydrogen-bond donors (Lipinski definition) is 3. The zero-order valence-corrected chi connectivity index (χ0v) is 12.8. The first-order valence-corrected chi connectivity index (χ1v) is 7.28. The van der Waals surface area contributed by atoms with E-state index in [1.54, 1.807) is 24.5 Å². The van der Waals surface area contributed by atoms with Crippen molar-refractivity contribution < 1.29 is 9.94 Å². The molecule has 2 rings (SSSR count). The number of benzene rings is 1. The monoisotopic (exact) mass is 306 g/mol. The Morgan fingerprint density at radius 1 is 1.48 bits per heavy atom. The standard InChI is InChI=1S/C14H18N4O2S/c1-9-8-21-13(17-9)7-16-6-10-3-4-11(14(15)18-19)12(5-10)20-2/h3-5,8,16,19H,6-7H2,1-2H3,(H2,15,18). The van der Waals surface area contributed by atoms with E-state index in [0.717, 1.165) is 22.8 Å². The van der Waals surface area contributed by atoms with Crippen molar-refractivity contribution in [2.45, 2.75) is 20.0 Å². The second-order valence-electron chi connectivity index (χ2n) is 4.51. The van der Waals surface area contributed by atoms with E-state index in [1.807, 2.05) is 24.4 Å². The third kappa shape index (κ3) is 3.93. The number of nitrogens with one attached hydrogen (secondary N) is 1. The molecule has 1 aromatic heterocycles. The number of ether oxygens (including phenoxy) is 1. The minimum Gasteiger partial charge on any atom is -0.496 e. The van der Waals surface area contributed by atoms with Crippen LogP contribution in [0.2, 0.25) is 0 Å². The molecule has 0 fully saturated rings. The average Bonchev–Trinajstić information content (AvgIpc) is 2.91. The van der Waals surface area contributed by atoms with Crippen molar-refractivity contribution >= 4 is 17.2 Å². The lowest BCUT2D eigenvalue weighted by atomic mass is 10.1. The molecule has 0 saturated carbocycles. The summed E-state index contributed by atoms with van der Waals surface area (Å²) < 4.78 is 5.27. The van der Waals surface area contributed by atoms with Crippen LogP contribution in [-0.4, -0.2) is 23.1 Å². The molecule has 0 unspecified atom stereocenters. The van der Waals surface area contributed by atoms with E-state index < -0.39 is 0 Å². The molecule has 0 aliphatic heterocycles. The highest BCUT2D eigenvalue weighted by Crippen LogP contribution is 2.20. The maximum Gasteiger partial charge on any atom is 0.173 e. The molecule has 2 aromatic rings. The van der Waals surface area contributed by atoms with Gasteiger partial charge in [0.2, 0.25) is 0 Å². The zero-order valence-electron chi connectivity index (χ0n) is 12.0. The van der Waals surface area contributed by atoms with E-state index in [2.05, 4.69) is 15.5 Å². The summed E-state index contributed by atoms with van der Waals surface area (Å²) in [6.45, 7) is 3.39. The summed E-state index contributed by atoms with van der Waals surface area (Å²) in [5.41, 5.74) is 8.26. The van der Waals surface area contributed by atoms with Gasteiger partial charge in [-0.25, -0.2) is 4.98 Å². The topological polar surface area (TPSA) is 92.8 Å². The highest BCUT2D eigenvalue weighted by molar-refractivity contribution is 7.09. The lowest BCUT2D eigenvalue weighted by Gasteiger charge is -2.10. The van der Waals surface area contributed by atoms with Crippen LogP contribution in [0, 0.1) is 6.92 Å². The smallest absolute Gasteiger partial charge is 0.173 e. The van der Waals surface area contributed by atoms with Crippen LogP contribution in [0.4, 0.5) is 0 Å². The number of hydrogen-bond acceptors (Lipinski definition) is 6. The molecule has 0 aliphatic rings. The predicted molar refractivity (Wildman–Crippen MR) is 82.9 cm³/mol. The highest BCUT2D eigenvalue weighted by Gasteiger charge is 2.08. The van der Waals surface area contributed by atoms with Crippen LogP contribution in [0.1, 0.15) is 21.8 Å². The van der Waals surface area contributed by atoms with Gasteiger partial charge in [-0.05, 0) is 24.6 Å². The van der Waals surface area contributed by atoms with Crippen LogP contribution in [-0.2, 0) is 13.1 Å². The molecule has 4 N–H and O–H groups in total. The summed E-state index contributed by atoms with van der Waals surface area (Å²) in [6, 6.07) is 5.56. The van der Waals surface area contributed by atoms with Gasteiger partial charge in [0.1, 0.15) is 10.8 Å². The molecule has 6 nitrogen and oxygen atoms in total. The Balaban J connectivity index is 2.00. The first-order valence-electron chi connectivity index (χ1n) is 6.40. The van der Waals surface area contributed by atoms with E-state index in [9.17, 15) is 0 Å². The van der Waals surface area contributed by atoms with Gasteiger partial charge in [-0.15, -0.1) is 11.3 Å². The molecule has 0 saturated heterocycles. The van der Waals surface area contributed by atoms with Gasteiger partial charge in [0.05, 0.1) is 12.7 Å². The Morgan fingerprint density at radius 2 is 2.29 bits per heavy atom. The number of thiazole rings is 1. The molecular formula is C14H18N4O2S. The molecule has 0 bridgehead atoms. The number of rotatable bonds is 6. The fraction of sp³-hybridized carbons (Fsp3) is 0.286. The fourth-order valence-corrected chi connectivity index (χ4v) is 2.65. The normalized spacial score (nSPS) is 11.6. The minimum absolute atomic E-state index is 0.0321. The molecule has 21 heavy (non-hydrogen) atoms. The Kier molecular flexibility index (Phi) is 5.13. The van der Waals surface area contributed by atoms with Crippen LogP contribution in [0.5, 0.6) is 5.75 Å². The van der Waals surface area contributed by atoms with Crippen LogP contribution in [0.15, 0.2) is 28.7 Å². The molecule has 112 valence electrons. The summed E-state index contributed by atoms with van der Waals surface area (Å²) in [5.74, 6) is 0.610. The predicted octanol–water partition coefficient (Wildman–Crippen LogP) is 1.84. The SMILES string of the molecule is COc1cc(CNCc2nc(C)cs2)ccc1/C(N)=N/O. The van der Waals surface area contributed by atoms with Crippen molar-refractivity contribution in [2.24, 2.45) is 10.9 Å². The Bertz CT molecular complexity index is 640. The number of nitrogens with zero attached hydrogens (tertiary/aromatic N) is 2. The maximum atomic E-state index is 8.74. The van der Waals surface area contributed by atoms with Crippen molar-refractivity contribution in [1.29, 1.82) is 0 Å². The van der Waals surface area contributed by atoms with Gasteiger partial charge in [-0.1, -0.05) is 11.2 Å². The number of aromatic nitrogens is 1. The molecule has 0 radical (unpaired) electrons. The molecule has 0 aliphatic carbocycles. The minimum atomic E-state index is 0.0321. The fourth-order valence-electron chi connectivity index (χ4n) is 1.91. The van der Waals surface area contributed by atoms with Crippen molar-refractivity contribution in [2.75, 3.05) is 7.11 Å². The first kappa shape index (κ1) is 15.3. The van der Waals surface area contributed by atoms with Crippen molar-refractivity contribution in [1.82, 2.24) is 10.3 Å². The van der Waals surface area contributed by atoms with E-state index in [4.69, 9.17) is 15.7 Å². The molecule has 0 atom stereocenters. The highest BCUT2D eigenvalue weighted by atomic mass is 32.1. The summed E-state index contributed by atoms with van der Waals surface area (Å²) in [7, 11) is 1.55. The third-order valence-electron chi connectivity index (χ3n) is 2.92. The Morgan fingerprint density at radius 3 is 2.90 bits per heavy atom. The van der Waals surface area contributed by atoms with E-state index in [-0.39, 0.29) is 5.84 Å². The van der Waals surface area contributed by atoms with Gasteiger partial charge in [0.15, 0.2) is 5.84 Å². The van der Waals surface area contributed by atoms with Crippen molar-refractivity contribution in [3.63, 3.8) is 0 Å². The molecule has 0 spiro atoms. The zero-order chi connectivity index (χ0) is 15.2. The van der Waals surface area contributed by atoms with E-state index >= 15 is 0 Å². The lowest BCUT2D eigenvalue weighted by Crippen LogP contribution is -2.16. The van der Waals surface area contributed by atoms with Crippen LogP contribution in [0.3, 0.4) is 0 Å². The lowest BCUT2D eigenvalue weighted by molar-refractivity contribution is 0.318. The van der Waals surface area contributed by atoms with Gasteiger partial charge < -0.3 is 21.0 Å². The quantitative estimate of drug-likeness (QED) is 0.328. The first-order chi connectivity index (χ1) is 10.1. The van der Waals surface area contributed by atoms with E-state index in [1.165, 1.54) is 0 Å². The third-order valence-corrected chi connectivity index (χ3v) is 3.89. The summed E-state index contributed by atoms with van der Waals surface area (Å²) in [5, 5.41) is 18.2. The van der Waals surface area contributed by atoms with Crippen molar-refractivity contribution in [3.8, 4) is 5.75 Å². The second-order valence-corrected chi connectivity index (χ2v) is 5.45. The molecule has 7 heteroatoms. The van der Waals surface area contributed by atoms with Gasteiger partial charge >= 0.3 is 0 Å². The maximum absolute atomic E-state index is 8.74. The number of aryl methyl sites for hydroxylation is 1. The Labute approximate surface area is 127 Å². The molecule has 1 aromatic carbocycles. The molecule has 1 heterocycles. The average molecular weight is 306 g/mol. The number of methoxy groups -OCH3 is 1. The van der Waals surface area contributed by atoms with Crippen LogP contribution < -0.4 is 15.8 Å². The van der Waals surface area contributed by atoms with Gasteiger partial charge in [-0.2, -0.15) is 0 Å². The van der Waals surface area contributed by atoms with Crippen LogP contribution in [0.25, 0.3) is 0 Å². The van der Waals surface area contributed by atoms with Gasteiger partial charge in [-0.3, -0.25) is 0 Å². The Hall–Kier alpha value is -2.12. The van der Waals surface area contributed by atoms with Crippen molar-refractivity contribution in [3.05, 3.63) is 45.4 Å². The second kappa shape index (κ2) is 7.05. The van der Waals surface area contributed by atoms with Gasteiger partial charge in [0.25, 0.3) is 0 Å². The molecular weight excluding hydrogens is 288 g/mol. The van der Waals surface area contributed by atoms with Crippen LogP contribution >= 0.6 is 11.3 Å². The number of oxime groups is 1. The summed E-state index contributed by atoms with van der Waals surface area (Å²) in [6.07, 6.45) is 0. The van der Waals surface area contributed by atoms with E-state index in [0.29, 0.717) is 17.9 Å². The number of nitrogens with two attached hydrogens (primary N) is 1. The summed E-state index contributed by atoms with van der Waals surface area (Å²) >= 11 is 1.64.